The Balaban J connectivity index is 1.45. The number of nitrogens with one attached hydrogen (secondary N) is 1. The predicted molar refractivity (Wildman–Crippen MR) is 104 cm³/mol. The van der Waals surface area contributed by atoms with E-state index < -0.39 is 0 Å². The average Bonchev–Trinajstić information content (AvgIpc) is 2.60. The van der Waals surface area contributed by atoms with Gasteiger partial charge in [-0.2, -0.15) is 0 Å². The van der Waals surface area contributed by atoms with Crippen LogP contribution in [0.2, 0.25) is 0 Å². The first-order chi connectivity index (χ1) is 12.8. The lowest BCUT2D eigenvalue weighted by molar-refractivity contribution is -0.0705. The van der Waals surface area contributed by atoms with Crippen molar-refractivity contribution in [3.63, 3.8) is 0 Å². The highest BCUT2D eigenvalue weighted by molar-refractivity contribution is 5.67. The van der Waals surface area contributed by atoms with Crippen molar-refractivity contribution in [2.24, 2.45) is 5.41 Å². The monoisotopic (exact) mass is 376 g/mol. The van der Waals surface area contributed by atoms with Crippen molar-refractivity contribution in [2.75, 3.05) is 31.1 Å². The Morgan fingerprint density at radius 2 is 1.96 bits per heavy atom. The molecule has 0 aliphatic carbocycles. The quantitative estimate of drug-likeness (QED) is 0.870. The fraction of sp³-hybridized carbons (Fsp3) is 0.750. The van der Waals surface area contributed by atoms with Crippen LogP contribution in [0.25, 0.3) is 0 Å². The molecule has 3 rings (SSSR count). The van der Waals surface area contributed by atoms with Crippen LogP contribution < -0.4 is 10.2 Å². The van der Waals surface area contributed by atoms with Crippen LogP contribution in [0.1, 0.15) is 50.9 Å². The van der Waals surface area contributed by atoms with E-state index >= 15 is 0 Å². The first-order valence-corrected chi connectivity index (χ1v) is 9.99. The lowest BCUT2D eigenvalue weighted by atomic mass is 9.73. The number of alkyl carbamates (subject to hydrolysis) is 1. The molecule has 1 N–H and O–H groups in total. The molecule has 3 heterocycles. The van der Waals surface area contributed by atoms with Gasteiger partial charge in [0.05, 0.1) is 18.8 Å². The number of rotatable bonds is 4. The van der Waals surface area contributed by atoms with Crippen LogP contribution in [0, 0.1) is 19.3 Å². The van der Waals surface area contributed by atoms with Crippen molar-refractivity contribution < 1.29 is 14.3 Å². The summed E-state index contributed by atoms with van der Waals surface area (Å²) in [5.74, 6) is 0.852. The lowest BCUT2D eigenvalue weighted by Gasteiger charge is -2.45. The first-order valence-electron chi connectivity index (χ1n) is 9.99. The summed E-state index contributed by atoms with van der Waals surface area (Å²) in [6, 6.07) is 2.01. The smallest absolute Gasteiger partial charge is 0.407 e. The number of piperidine rings is 1. The number of aryl methyl sites for hydroxylation is 2. The van der Waals surface area contributed by atoms with E-state index in [9.17, 15) is 4.79 Å². The first kappa shape index (κ1) is 19.9. The molecule has 1 aromatic rings. The van der Waals surface area contributed by atoms with Crippen LogP contribution in [0.4, 0.5) is 10.7 Å². The average molecular weight is 377 g/mol. The standard InChI is InChI=1S/C20H32N4O3/c1-14(2)27-19(25)21-12-17-5-6-20(13-26-17)7-9-24(10-8-20)18-22-15(3)11-16(4)23-18/h11,14,17H,5-10,12-13H2,1-4H3,(H,21,25)/t17-/m1/s1. The minimum Gasteiger partial charge on any atom is -0.447 e. The predicted octanol–water partition coefficient (Wildman–Crippen LogP) is 2.99. The van der Waals surface area contributed by atoms with E-state index in [-0.39, 0.29) is 23.7 Å². The molecule has 2 fully saturated rings. The van der Waals surface area contributed by atoms with Crippen LogP contribution in [0.3, 0.4) is 0 Å². The molecule has 27 heavy (non-hydrogen) atoms. The number of nitrogens with zero attached hydrogens (tertiary/aromatic N) is 3. The number of carbonyl (C=O) groups is 1. The van der Waals surface area contributed by atoms with Gasteiger partial charge in [-0.05, 0) is 64.9 Å². The number of anilines is 1. The molecule has 1 aromatic heterocycles. The Kier molecular flexibility index (Phi) is 6.19. The second-order valence-electron chi connectivity index (χ2n) is 8.24. The van der Waals surface area contributed by atoms with E-state index in [0.29, 0.717) is 6.54 Å². The third-order valence-electron chi connectivity index (χ3n) is 5.52. The van der Waals surface area contributed by atoms with Crippen molar-refractivity contribution in [1.29, 1.82) is 0 Å². The number of amides is 1. The van der Waals surface area contributed by atoms with Gasteiger partial charge < -0.3 is 19.7 Å². The summed E-state index contributed by atoms with van der Waals surface area (Å²) in [6.45, 7) is 10.9. The van der Waals surface area contributed by atoms with Crippen molar-refractivity contribution in [3.8, 4) is 0 Å². The van der Waals surface area contributed by atoms with E-state index in [1.807, 2.05) is 33.8 Å². The van der Waals surface area contributed by atoms with Crippen LogP contribution in [-0.4, -0.2) is 54.5 Å². The molecule has 0 aromatic carbocycles. The van der Waals surface area contributed by atoms with Crippen LogP contribution in [-0.2, 0) is 9.47 Å². The van der Waals surface area contributed by atoms with Crippen molar-refractivity contribution in [2.45, 2.75) is 65.6 Å². The van der Waals surface area contributed by atoms with Gasteiger partial charge >= 0.3 is 6.09 Å². The molecule has 7 nitrogen and oxygen atoms in total. The van der Waals surface area contributed by atoms with Crippen molar-refractivity contribution >= 4 is 12.0 Å². The highest BCUT2D eigenvalue weighted by Gasteiger charge is 2.39. The van der Waals surface area contributed by atoms with Gasteiger partial charge in [0.15, 0.2) is 0 Å². The number of ether oxygens (including phenoxy) is 2. The summed E-state index contributed by atoms with van der Waals surface area (Å²) in [6.07, 6.45) is 3.92. The number of carbonyl (C=O) groups excluding carboxylic acids is 1. The molecule has 2 saturated heterocycles. The van der Waals surface area contributed by atoms with Gasteiger partial charge in [-0.15, -0.1) is 0 Å². The maximum atomic E-state index is 11.6. The summed E-state index contributed by atoms with van der Waals surface area (Å²) >= 11 is 0. The van der Waals surface area contributed by atoms with Crippen molar-refractivity contribution in [3.05, 3.63) is 17.5 Å². The molecule has 1 spiro atoms. The van der Waals surface area contributed by atoms with Gasteiger partial charge in [0, 0.05) is 31.0 Å². The van der Waals surface area contributed by atoms with E-state index in [1.165, 1.54) is 0 Å². The summed E-state index contributed by atoms with van der Waals surface area (Å²) in [5.41, 5.74) is 2.29. The highest BCUT2D eigenvalue weighted by Crippen LogP contribution is 2.41. The topological polar surface area (TPSA) is 76.6 Å². The van der Waals surface area contributed by atoms with Crippen LogP contribution >= 0.6 is 0 Å². The fourth-order valence-corrected chi connectivity index (χ4v) is 3.96. The Hall–Kier alpha value is -1.89. The summed E-state index contributed by atoms with van der Waals surface area (Å²) in [7, 11) is 0. The Labute approximate surface area is 161 Å². The van der Waals surface area contributed by atoms with Crippen LogP contribution in [0.5, 0.6) is 0 Å². The highest BCUT2D eigenvalue weighted by atomic mass is 16.6. The van der Waals surface area contributed by atoms with Gasteiger partial charge in [0.2, 0.25) is 5.95 Å². The molecular formula is C20H32N4O3. The third kappa shape index (κ3) is 5.31. The molecule has 0 saturated carbocycles. The van der Waals surface area contributed by atoms with Gasteiger partial charge in [-0.25, -0.2) is 14.8 Å². The van der Waals surface area contributed by atoms with E-state index in [4.69, 9.17) is 9.47 Å². The van der Waals surface area contributed by atoms with Gasteiger partial charge in [0.25, 0.3) is 0 Å². The zero-order chi connectivity index (χ0) is 19.4. The zero-order valence-corrected chi connectivity index (χ0v) is 17.0. The van der Waals surface area contributed by atoms with Gasteiger partial charge in [-0.3, -0.25) is 0 Å². The van der Waals surface area contributed by atoms with Crippen LogP contribution in [0.15, 0.2) is 6.07 Å². The summed E-state index contributed by atoms with van der Waals surface area (Å²) < 4.78 is 11.2. The molecule has 2 aliphatic rings. The molecule has 2 aliphatic heterocycles. The summed E-state index contributed by atoms with van der Waals surface area (Å²) in [4.78, 5) is 23.1. The molecule has 0 bridgehead atoms. The molecule has 1 amide bonds. The zero-order valence-electron chi connectivity index (χ0n) is 17.0. The minimum absolute atomic E-state index is 0.0797. The number of aromatic nitrogens is 2. The Morgan fingerprint density at radius 1 is 1.30 bits per heavy atom. The van der Waals surface area contributed by atoms with E-state index in [0.717, 1.165) is 62.7 Å². The molecule has 7 heteroatoms. The molecule has 150 valence electrons. The normalized spacial score (nSPS) is 22.1. The third-order valence-corrected chi connectivity index (χ3v) is 5.52. The molecular weight excluding hydrogens is 344 g/mol. The second kappa shape index (κ2) is 8.42. The van der Waals surface area contributed by atoms with Crippen molar-refractivity contribution in [1.82, 2.24) is 15.3 Å². The molecule has 0 unspecified atom stereocenters. The number of hydrogen-bond donors (Lipinski definition) is 1. The largest absolute Gasteiger partial charge is 0.447 e. The summed E-state index contributed by atoms with van der Waals surface area (Å²) in [5, 5.41) is 2.80. The Bertz CT molecular complexity index is 626. The molecule has 0 radical (unpaired) electrons. The van der Waals surface area contributed by atoms with E-state index in [2.05, 4.69) is 20.2 Å². The van der Waals surface area contributed by atoms with Gasteiger partial charge in [0.1, 0.15) is 0 Å². The Morgan fingerprint density at radius 3 is 2.52 bits per heavy atom. The van der Waals surface area contributed by atoms with Gasteiger partial charge in [-0.1, -0.05) is 0 Å². The maximum Gasteiger partial charge on any atom is 0.407 e. The lowest BCUT2D eigenvalue weighted by Crippen LogP contribution is -2.48. The minimum atomic E-state index is -0.365. The second-order valence-corrected chi connectivity index (χ2v) is 8.24. The number of hydrogen-bond acceptors (Lipinski definition) is 6. The SMILES string of the molecule is Cc1cc(C)nc(N2CCC3(CC[C@H](CNC(=O)OC(C)C)OC3)CC2)n1. The maximum absolute atomic E-state index is 11.6. The molecule has 1 atom stereocenters. The fourth-order valence-electron chi connectivity index (χ4n) is 3.96. The van der Waals surface area contributed by atoms with E-state index in [1.54, 1.807) is 0 Å².